The third-order valence-corrected chi connectivity index (χ3v) is 4.97. The van der Waals surface area contributed by atoms with E-state index in [0.29, 0.717) is 5.69 Å². The lowest BCUT2D eigenvalue weighted by Gasteiger charge is -2.32. The monoisotopic (exact) mass is 388 g/mol. The lowest BCUT2D eigenvalue weighted by atomic mass is 9.76. The quantitative estimate of drug-likeness (QED) is 0.599. The fraction of sp³-hybridized carbons (Fsp3) is 0.571. The number of nitrogens with one attached hydrogen (secondary N) is 1. The lowest BCUT2D eigenvalue weighted by molar-refractivity contribution is 0.00578. The number of amides is 1. The van der Waals surface area contributed by atoms with Crippen molar-refractivity contribution in [1.29, 1.82) is 0 Å². The molecule has 0 unspecified atom stereocenters. The molecule has 0 saturated carbocycles. The number of anilines is 1. The largest absolute Gasteiger partial charge is 0.492 e. The Morgan fingerprint density at radius 3 is 2.29 bits per heavy atom. The Morgan fingerprint density at radius 1 is 1.21 bits per heavy atom. The number of rotatable bonds is 4. The molecule has 1 amide bonds. The summed E-state index contributed by atoms with van der Waals surface area (Å²) in [5.41, 5.74) is 7.99. The molecule has 1 saturated heterocycles. The van der Waals surface area contributed by atoms with E-state index in [4.69, 9.17) is 19.8 Å². The summed E-state index contributed by atoms with van der Waals surface area (Å²) in [5, 5.41) is 2.79. The van der Waals surface area contributed by atoms with Crippen molar-refractivity contribution in [3.05, 3.63) is 34.8 Å². The highest BCUT2D eigenvalue weighted by Gasteiger charge is 2.52. The molecule has 1 fully saturated rings. The van der Waals surface area contributed by atoms with Crippen molar-refractivity contribution >= 4 is 25.0 Å². The minimum absolute atomic E-state index is 0.221. The molecule has 154 valence electrons. The minimum atomic E-state index is -0.597. The van der Waals surface area contributed by atoms with Crippen LogP contribution in [-0.2, 0) is 14.0 Å². The smallest absolute Gasteiger partial charge is 0.444 e. The number of alkyl carbamates (subject to hydrolysis) is 1. The van der Waals surface area contributed by atoms with E-state index >= 15 is 0 Å². The Hall–Kier alpha value is -1.99. The van der Waals surface area contributed by atoms with Crippen LogP contribution in [0.5, 0.6) is 0 Å². The molecule has 1 aliphatic rings. The van der Waals surface area contributed by atoms with Crippen LogP contribution >= 0.6 is 0 Å². The van der Waals surface area contributed by atoms with Gasteiger partial charge in [0, 0.05) is 12.2 Å². The number of benzene rings is 1. The SMILES string of the molecule is Cc1ccc(C=C(CNC(=O)OC(C)(C)C)B2OC(C)(C)C(C)(C)O2)c(N)c1. The molecule has 0 spiro atoms. The molecule has 0 aliphatic carbocycles. The molecule has 1 aromatic rings. The van der Waals surface area contributed by atoms with E-state index < -0.39 is 30.0 Å². The number of hydrogen-bond acceptors (Lipinski definition) is 5. The number of nitrogens with two attached hydrogens (primary N) is 1. The maximum absolute atomic E-state index is 12.1. The average molecular weight is 388 g/mol. The number of carbonyl (C=O) groups is 1. The zero-order valence-corrected chi connectivity index (χ0v) is 18.3. The summed E-state index contributed by atoms with van der Waals surface area (Å²) in [7, 11) is -0.597. The van der Waals surface area contributed by atoms with Crippen molar-refractivity contribution in [2.24, 2.45) is 0 Å². The molecule has 2 rings (SSSR count). The van der Waals surface area contributed by atoms with Gasteiger partial charge in [-0.1, -0.05) is 18.2 Å². The first-order chi connectivity index (χ1) is 12.7. The van der Waals surface area contributed by atoms with Crippen molar-refractivity contribution < 1.29 is 18.8 Å². The van der Waals surface area contributed by atoms with E-state index in [0.717, 1.165) is 16.6 Å². The van der Waals surface area contributed by atoms with Crippen molar-refractivity contribution in [3.63, 3.8) is 0 Å². The summed E-state index contributed by atoms with van der Waals surface area (Å²) in [6.45, 7) is 15.7. The van der Waals surface area contributed by atoms with Gasteiger partial charge in [0.15, 0.2) is 0 Å². The van der Waals surface area contributed by atoms with Crippen LogP contribution in [0.2, 0.25) is 0 Å². The maximum Gasteiger partial charge on any atom is 0.492 e. The first-order valence-electron chi connectivity index (χ1n) is 9.59. The van der Waals surface area contributed by atoms with Gasteiger partial charge in [-0.2, -0.15) is 0 Å². The molecule has 28 heavy (non-hydrogen) atoms. The van der Waals surface area contributed by atoms with E-state index in [-0.39, 0.29) is 6.54 Å². The number of ether oxygens (including phenoxy) is 1. The fourth-order valence-corrected chi connectivity index (χ4v) is 2.71. The summed E-state index contributed by atoms with van der Waals surface area (Å²) < 4.78 is 17.7. The van der Waals surface area contributed by atoms with Gasteiger partial charge in [0.25, 0.3) is 0 Å². The first kappa shape index (κ1) is 22.3. The molecule has 0 aromatic heterocycles. The van der Waals surface area contributed by atoms with E-state index in [1.54, 1.807) is 0 Å². The summed E-state index contributed by atoms with van der Waals surface area (Å²) in [6, 6.07) is 5.85. The third-order valence-electron chi connectivity index (χ3n) is 4.97. The Bertz CT molecular complexity index is 750. The number of carbonyl (C=O) groups excluding carboxylic acids is 1. The van der Waals surface area contributed by atoms with Gasteiger partial charge in [0.05, 0.1) is 11.2 Å². The number of aryl methyl sites for hydroxylation is 1. The highest BCUT2D eigenvalue weighted by molar-refractivity contribution is 6.56. The summed E-state index contributed by atoms with van der Waals surface area (Å²) >= 11 is 0. The van der Waals surface area contributed by atoms with Gasteiger partial charge in [-0.25, -0.2) is 4.79 Å². The molecule has 3 N–H and O–H groups in total. The van der Waals surface area contributed by atoms with Gasteiger partial charge in [0.2, 0.25) is 0 Å². The van der Waals surface area contributed by atoms with Gasteiger partial charge < -0.3 is 25.1 Å². The van der Waals surface area contributed by atoms with Crippen LogP contribution < -0.4 is 11.1 Å². The minimum Gasteiger partial charge on any atom is -0.444 e. The molecule has 7 heteroatoms. The second kappa shape index (κ2) is 7.80. The second-order valence-corrected chi connectivity index (χ2v) is 9.30. The number of nitrogen functional groups attached to an aromatic ring is 1. The van der Waals surface area contributed by atoms with Crippen molar-refractivity contribution in [1.82, 2.24) is 5.32 Å². The predicted octanol–water partition coefficient (Wildman–Crippen LogP) is 4.12. The second-order valence-electron chi connectivity index (χ2n) is 9.30. The Labute approximate surface area is 168 Å². The highest BCUT2D eigenvalue weighted by Crippen LogP contribution is 2.39. The van der Waals surface area contributed by atoms with Crippen LogP contribution in [-0.4, -0.2) is 36.6 Å². The van der Waals surface area contributed by atoms with Crippen LogP contribution in [0.1, 0.15) is 59.6 Å². The number of hydrogen-bond donors (Lipinski definition) is 2. The molecule has 6 nitrogen and oxygen atoms in total. The van der Waals surface area contributed by atoms with Crippen LogP contribution in [0.25, 0.3) is 6.08 Å². The van der Waals surface area contributed by atoms with E-state index in [9.17, 15) is 4.79 Å². The molecule has 0 atom stereocenters. The third kappa shape index (κ3) is 5.52. The molecule has 1 aliphatic heterocycles. The predicted molar refractivity (Wildman–Crippen MR) is 114 cm³/mol. The van der Waals surface area contributed by atoms with Gasteiger partial charge in [-0.3, -0.25) is 0 Å². The van der Waals surface area contributed by atoms with Crippen molar-refractivity contribution in [2.75, 3.05) is 12.3 Å². The topological polar surface area (TPSA) is 82.8 Å². The van der Waals surface area contributed by atoms with E-state index in [1.165, 1.54) is 0 Å². The lowest BCUT2D eigenvalue weighted by Crippen LogP contribution is -2.41. The van der Waals surface area contributed by atoms with Crippen LogP contribution in [0.4, 0.5) is 10.5 Å². The molecular formula is C21H33BN2O4. The molecule has 0 radical (unpaired) electrons. The molecular weight excluding hydrogens is 355 g/mol. The van der Waals surface area contributed by atoms with E-state index in [2.05, 4.69) is 5.32 Å². The molecule has 1 heterocycles. The van der Waals surface area contributed by atoms with Gasteiger partial charge in [0.1, 0.15) is 5.60 Å². The average Bonchev–Trinajstić information content (AvgIpc) is 2.71. The first-order valence-corrected chi connectivity index (χ1v) is 9.59. The zero-order valence-electron chi connectivity index (χ0n) is 18.3. The Balaban J connectivity index is 2.28. The molecule has 1 aromatic carbocycles. The van der Waals surface area contributed by atoms with Gasteiger partial charge >= 0.3 is 13.2 Å². The summed E-state index contributed by atoms with van der Waals surface area (Å²) in [5.74, 6) is 0. The van der Waals surface area contributed by atoms with Crippen LogP contribution in [0.3, 0.4) is 0 Å². The van der Waals surface area contributed by atoms with Crippen molar-refractivity contribution in [3.8, 4) is 0 Å². The van der Waals surface area contributed by atoms with E-state index in [1.807, 2.05) is 79.7 Å². The van der Waals surface area contributed by atoms with Gasteiger partial charge in [-0.15, -0.1) is 0 Å². The van der Waals surface area contributed by atoms with Crippen LogP contribution in [0, 0.1) is 6.92 Å². The summed E-state index contributed by atoms with van der Waals surface area (Å²) in [6.07, 6.45) is 1.42. The van der Waals surface area contributed by atoms with Crippen LogP contribution in [0.15, 0.2) is 23.7 Å². The maximum atomic E-state index is 12.1. The summed E-state index contributed by atoms with van der Waals surface area (Å²) in [4.78, 5) is 12.1. The Morgan fingerprint density at radius 2 is 1.79 bits per heavy atom. The van der Waals surface area contributed by atoms with Gasteiger partial charge in [-0.05, 0) is 78.1 Å². The zero-order chi connectivity index (χ0) is 21.3. The molecule has 0 bridgehead atoms. The highest BCUT2D eigenvalue weighted by atomic mass is 16.7. The standard InChI is InChI=1S/C21H33BN2O4/c1-14-9-10-15(17(23)11-14)12-16(13-24-18(25)26-19(2,3)4)22-27-20(5,6)21(7,8)28-22/h9-12H,13,23H2,1-8H3,(H,24,25). The normalized spacial score (nSPS) is 18.9. The van der Waals surface area contributed by atoms with Crippen molar-refractivity contribution in [2.45, 2.75) is 72.2 Å². The Kier molecular flexibility index (Phi) is 6.21. The fourth-order valence-electron chi connectivity index (χ4n) is 2.71.